The van der Waals surface area contributed by atoms with Crippen molar-refractivity contribution in [3.05, 3.63) is 71.3 Å². The number of carbonyl (C=O) groups is 1. The van der Waals surface area contributed by atoms with Crippen LogP contribution in [0.5, 0.6) is 0 Å². The minimum absolute atomic E-state index is 0.0482. The summed E-state index contributed by atoms with van der Waals surface area (Å²) >= 11 is 0. The first-order chi connectivity index (χ1) is 11.8. The lowest BCUT2D eigenvalue weighted by molar-refractivity contribution is -0.170. The van der Waals surface area contributed by atoms with Crippen molar-refractivity contribution < 1.29 is 26.7 Å². The highest BCUT2D eigenvalue weighted by Gasteiger charge is 2.44. The maximum atomic E-state index is 13.0. The number of amides is 1. The Kier molecular flexibility index (Phi) is 4.32. The fourth-order valence-corrected chi connectivity index (χ4v) is 2.90. The first-order valence-corrected chi connectivity index (χ1v) is 7.35. The number of anilines is 1. The Labute approximate surface area is 140 Å². The number of benzene rings is 2. The number of halogens is 5. The lowest BCUT2D eigenvalue weighted by Crippen LogP contribution is -2.40. The van der Waals surface area contributed by atoms with E-state index >= 15 is 0 Å². The van der Waals surface area contributed by atoms with Crippen LogP contribution in [0, 0.1) is 0 Å². The zero-order valence-electron chi connectivity index (χ0n) is 12.7. The summed E-state index contributed by atoms with van der Waals surface area (Å²) in [4.78, 5) is 12.5. The van der Waals surface area contributed by atoms with Gasteiger partial charge in [0.15, 0.2) is 0 Å². The standard InChI is InChI=1S/C18H12F5NO/c19-16(20)9-14-12-6-2-1-5-11(12)10-24(17(25)18(21,22)23)15-8-4-3-7-13(14)15/h1-9,16H,10H2/b14-9-. The Hall–Kier alpha value is -2.70. The molecule has 0 unspecified atom stereocenters. The van der Waals surface area contributed by atoms with E-state index in [0.717, 1.165) is 0 Å². The minimum Gasteiger partial charge on any atom is -0.300 e. The lowest BCUT2D eigenvalue weighted by Gasteiger charge is -2.24. The highest BCUT2D eigenvalue weighted by molar-refractivity contribution is 6.02. The van der Waals surface area contributed by atoms with E-state index in [0.29, 0.717) is 22.1 Å². The fourth-order valence-electron chi connectivity index (χ4n) is 2.90. The van der Waals surface area contributed by atoms with Crippen LogP contribution >= 0.6 is 0 Å². The number of alkyl halides is 5. The van der Waals surface area contributed by atoms with E-state index < -0.39 is 18.5 Å². The van der Waals surface area contributed by atoms with Gasteiger partial charge in [-0.25, -0.2) is 8.78 Å². The van der Waals surface area contributed by atoms with Crippen LogP contribution in [0.1, 0.15) is 16.7 Å². The van der Waals surface area contributed by atoms with E-state index in [-0.39, 0.29) is 23.4 Å². The second-order valence-corrected chi connectivity index (χ2v) is 5.48. The summed E-state index contributed by atoms with van der Waals surface area (Å²) in [7, 11) is 0. The summed E-state index contributed by atoms with van der Waals surface area (Å²) in [5.41, 5.74) is 0.966. The van der Waals surface area contributed by atoms with Crippen LogP contribution in [0.3, 0.4) is 0 Å². The van der Waals surface area contributed by atoms with Crippen molar-refractivity contribution in [2.24, 2.45) is 0 Å². The minimum atomic E-state index is -5.07. The van der Waals surface area contributed by atoms with Gasteiger partial charge in [0, 0.05) is 5.56 Å². The lowest BCUT2D eigenvalue weighted by atomic mass is 9.94. The SMILES string of the molecule is O=C(N1Cc2ccccc2/C(=C/C(F)F)c2ccccc21)C(F)(F)F. The number of carbonyl (C=O) groups excluding carboxylic acids is 1. The van der Waals surface area contributed by atoms with Crippen molar-refractivity contribution in [3.8, 4) is 0 Å². The molecule has 2 aromatic carbocycles. The monoisotopic (exact) mass is 353 g/mol. The molecule has 0 N–H and O–H groups in total. The first-order valence-electron chi connectivity index (χ1n) is 7.35. The van der Waals surface area contributed by atoms with Crippen molar-refractivity contribution >= 4 is 17.2 Å². The van der Waals surface area contributed by atoms with Gasteiger partial charge in [0.05, 0.1) is 12.2 Å². The summed E-state index contributed by atoms with van der Waals surface area (Å²) in [6, 6.07) is 12.0. The molecule has 3 rings (SSSR count). The van der Waals surface area contributed by atoms with Crippen LogP contribution in [0.15, 0.2) is 54.6 Å². The third-order valence-corrected chi connectivity index (χ3v) is 3.90. The normalized spacial score (nSPS) is 15.8. The van der Waals surface area contributed by atoms with E-state index in [9.17, 15) is 26.7 Å². The van der Waals surface area contributed by atoms with Gasteiger partial charge in [0.2, 0.25) is 0 Å². The molecule has 0 bridgehead atoms. The molecule has 0 fully saturated rings. The summed E-state index contributed by atoms with van der Waals surface area (Å²) in [6.07, 6.45) is -7.17. The molecule has 0 aliphatic carbocycles. The second kappa shape index (κ2) is 6.31. The van der Waals surface area contributed by atoms with Crippen molar-refractivity contribution in [1.82, 2.24) is 0 Å². The molecule has 2 aromatic rings. The molecule has 0 radical (unpaired) electrons. The molecule has 7 heteroatoms. The second-order valence-electron chi connectivity index (χ2n) is 5.48. The predicted molar refractivity (Wildman–Crippen MR) is 83.2 cm³/mol. The van der Waals surface area contributed by atoms with Crippen molar-refractivity contribution in [3.63, 3.8) is 0 Å². The molecule has 0 saturated carbocycles. The number of hydrogen-bond acceptors (Lipinski definition) is 1. The van der Waals surface area contributed by atoms with Crippen LogP contribution < -0.4 is 4.90 Å². The zero-order chi connectivity index (χ0) is 18.2. The van der Waals surface area contributed by atoms with Gasteiger partial charge in [-0.1, -0.05) is 42.5 Å². The number of nitrogens with zero attached hydrogens (tertiary/aromatic N) is 1. The Bertz CT molecular complexity index is 841. The molecule has 0 saturated heterocycles. The number of rotatable bonds is 1. The predicted octanol–water partition coefficient (Wildman–Crippen LogP) is 4.79. The molecule has 1 aliphatic heterocycles. The van der Waals surface area contributed by atoms with Gasteiger partial charge >= 0.3 is 12.1 Å². The fraction of sp³-hybridized carbons (Fsp3) is 0.167. The summed E-state index contributed by atoms with van der Waals surface area (Å²) in [5, 5.41) is 0. The third kappa shape index (κ3) is 3.26. The zero-order valence-corrected chi connectivity index (χ0v) is 12.7. The molecule has 0 aromatic heterocycles. The third-order valence-electron chi connectivity index (χ3n) is 3.90. The molecule has 2 nitrogen and oxygen atoms in total. The highest BCUT2D eigenvalue weighted by Crippen LogP contribution is 2.39. The molecule has 1 amide bonds. The Morgan fingerprint density at radius 2 is 1.60 bits per heavy atom. The van der Waals surface area contributed by atoms with E-state index in [2.05, 4.69) is 0 Å². The molecular weight excluding hydrogens is 341 g/mol. The summed E-state index contributed by atoms with van der Waals surface area (Å²) < 4.78 is 65.1. The van der Waals surface area contributed by atoms with Gasteiger partial charge in [-0.05, 0) is 28.8 Å². The Balaban J connectivity index is 2.29. The Morgan fingerprint density at radius 1 is 1.00 bits per heavy atom. The van der Waals surface area contributed by atoms with Gasteiger partial charge in [0.25, 0.3) is 6.43 Å². The maximum absolute atomic E-state index is 13.0. The topological polar surface area (TPSA) is 20.3 Å². The first kappa shape index (κ1) is 17.1. The van der Waals surface area contributed by atoms with Gasteiger partial charge in [-0.15, -0.1) is 0 Å². The van der Waals surface area contributed by atoms with Crippen molar-refractivity contribution in [1.29, 1.82) is 0 Å². The van der Waals surface area contributed by atoms with E-state index in [4.69, 9.17) is 0 Å². The van der Waals surface area contributed by atoms with E-state index in [1.165, 1.54) is 30.3 Å². The van der Waals surface area contributed by atoms with Crippen LogP contribution in [-0.2, 0) is 11.3 Å². The van der Waals surface area contributed by atoms with Gasteiger partial charge in [0.1, 0.15) is 0 Å². The molecule has 25 heavy (non-hydrogen) atoms. The van der Waals surface area contributed by atoms with Gasteiger partial charge < -0.3 is 0 Å². The molecule has 130 valence electrons. The van der Waals surface area contributed by atoms with Gasteiger partial charge in [-0.2, -0.15) is 13.2 Å². The maximum Gasteiger partial charge on any atom is 0.471 e. The highest BCUT2D eigenvalue weighted by atomic mass is 19.4. The summed E-state index contributed by atoms with van der Waals surface area (Å²) in [5.74, 6) is -2.03. The Morgan fingerprint density at radius 3 is 2.24 bits per heavy atom. The number of hydrogen-bond donors (Lipinski definition) is 0. The average Bonchev–Trinajstić information content (AvgIpc) is 2.69. The largest absolute Gasteiger partial charge is 0.471 e. The number of allylic oxidation sites excluding steroid dienone is 1. The molecule has 1 aliphatic rings. The van der Waals surface area contributed by atoms with E-state index in [1.54, 1.807) is 18.2 Å². The number of para-hydroxylation sites is 1. The molecule has 0 spiro atoms. The van der Waals surface area contributed by atoms with Crippen molar-refractivity contribution in [2.75, 3.05) is 4.90 Å². The quantitative estimate of drug-likeness (QED) is 0.675. The van der Waals surface area contributed by atoms with Crippen LogP contribution in [0.4, 0.5) is 27.6 Å². The average molecular weight is 353 g/mol. The van der Waals surface area contributed by atoms with E-state index in [1.807, 2.05) is 0 Å². The molecule has 1 heterocycles. The molecular formula is C18H12F5NO. The van der Waals surface area contributed by atoms with Crippen molar-refractivity contribution in [2.45, 2.75) is 19.1 Å². The number of fused-ring (bicyclic) bond motifs is 2. The van der Waals surface area contributed by atoms with Gasteiger partial charge in [-0.3, -0.25) is 9.69 Å². The molecule has 0 atom stereocenters. The van der Waals surface area contributed by atoms with Crippen LogP contribution in [0.25, 0.3) is 5.57 Å². The van der Waals surface area contributed by atoms with Crippen LogP contribution in [-0.4, -0.2) is 18.5 Å². The smallest absolute Gasteiger partial charge is 0.300 e. The summed E-state index contributed by atoms with van der Waals surface area (Å²) in [6.45, 7) is -0.355. The van der Waals surface area contributed by atoms with Crippen LogP contribution in [0.2, 0.25) is 0 Å².